The molecule has 0 unspecified atom stereocenters. The molecule has 0 fully saturated rings. The molecule has 0 atom stereocenters. The van der Waals surface area contributed by atoms with Gasteiger partial charge in [-0.2, -0.15) is 5.10 Å². The number of halogens is 1. The summed E-state index contributed by atoms with van der Waals surface area (Å²) in [5.41, 5.74) is 3.03. The summed E-state index contributed by atoms with van der Waals surface area (Å²) in [4.78, 5) is 12.5. The molecule has 3 aromatic rings. The monoisotopic (exact) mass is 403 g/mol. The summed E-state index contributed by atoms with van der Waals surface area (Å²) in [6, 6.07) is 13.1. The molecule has 1 N–H and O–H groups in total. The Hall–Kier alpha value is -2.64. The average Bonchev–Trinajstić information content (AvgIpc) is 2.95. The van der Waals surface area contributed by atoms with Crippen molar-refractivity contribution in [1.29, 1.82) is 0 Å². The SMILES string of the molecule is Cc1cc(C)n(-c2cccc(C(=O)NS(=O)(=O)c3cccc(Cl)c3C)c2)n1. The van der Waals surface area contributed by atoms with Gasteiger partial charge in [-0.05, 0) is 62.7 Å². The minimum atomic E-state index is -4.05. The molecule has 0 spiro atoms. The second-order valence-corrected chi connectivity index (χ2v) is 8.24. The molecule has 27 heavy (non-hydrogen) atoms. The van der Waals surface area contributed by atoms with Crippen LogP contribution >= 0.6 is 11.6 Å². The van der Waals surface area contributed by atoms with E-state index in [2.05, 4.69) is 9.82 Å². The topological polar surface area (TPSA) is 81.1 Å². The van der Waals surface area contributed by atoms with E-state index in [-0.39, 0.29) is 10.5 Å². The van der Waals surface area contributed by atoms with Crippen molar-refractivity contribution in [2.75, 3.05) is 0 Å². The average molecular weight is 404 g/mol. The van der Waals surface area contributed by atoms with Crippen LogP contribution in [0.1, 0.15) is 27.3 Å². The number of aromatic nitrogens is 2. The van der Waals surface area contributed by atoms with E-state index in [0.717, 1.165) is 11.4 Å². The fraction of sp³-hybridized carbons (Fsp3) is 0.158. The van der Waals surface area contributed by atoms with Gasteiger partial charge in [0.15, 0.2) is 0 Å². The molecule has 0 aliphatic rings. The number of carbonyl (C=O) groups is 1. The number of nitrogens with zero attached hydrogens (tertiary/aromatic N) is 2. The zero-order chi connectivity index (χ0) is 19.8. The summed E-state index contributed by atoms with van der Waals surface area (Å²) < 4.78 is 29.0. The molecule has 0 aliphatic carbocycles. The van der Waals surface area contributed by atoms with E-state index in [9.17, 15) is 13.2 Å². The van der Waals surface area contributed by atoms with Crippen molar-refractivity contribution in [1.82, 2.24) is 14.5 Å². The van der Waals surface area contributed by atoms with Crippen molar-refractivity contribution in [2.24, 2.45) is 0 Å². The molecule has 1 aromatic heterocycles. The molecule has 0 aliphatic heterocycles. The fourth-order valence-corrected chi connectivity index (χ4v) is 4.26. The third-order valence-electron chi connectivity index (χ3n) is 4.10. The Bertz CT molecular complexity index is 1140. The van der Waals surface area contributed by atoms with Crippen molar-refractivity contribution in [3.05, 3.63) is 76.1 Å². The summed E-state index contributed by atoms with van der Waals surface area (Å²) in [6.45, 7) is 5.36. The smallest absolute Gasteiger partial charge is 0.265 e. The first kappa shape index (κ1) is 19.1. The summed E-state index contributed by atoms with van der Waals surface area (Å²) in [5, 5.41) is 4.69. The second-order valence-electron chi connectivity index (χ2n) is 6.19. The molecular weight excluding hydrogens is 386 g/mol. The summed E-state index contributed by atoms with van der Waals surface area (Å²) in [6.07, 6.45) is 0. The number of nitrogens with one attached hydrogen (secondary N) is 1. The Morgan fingerprint density at radius 2 is 1.78 bits per heavy atom. The number of carbonyl (C=O) groups excluding carboxylic acids is 1. The van der Waals surface area contributed by atoms with Crippen molar-refractivity contribution in [2.45, 2.75) is 25.7 Å². The Morgan fingerprint density at radius 1 is 1.07 bits per heavy atom. The van der Waals surface area contributed by atoms with Crippen LogP contribution in [0.25, 0.3) is 5.69 Å². The van der Waals surface area contributed by atoms with Gasteiger partial charge in [0.25, 0.3) is 15.9 Å². The van der Waals surface area contributed by atoms with Gasteiger partial charge in [-0.1, -0.05) is 23.7 Å². The number of hydrogen-bond donors (Lipinski definition) is 1. The number of benzene rings is 2. The molecule has 2 aromatic carbocycles. The first-order valence-corrected chi connectivity index (χ1v) is 10.0. The molecule has 140 valence electrons. The lowest BCUT2D eigenvalue weighted by Crippen LogP contribution is -2.31. The highest BCUT2D eigenvalue weighted by Gasteiger charge is 2.22. The third-order valence-corrected chi connectivity index (χ3v) is 5.98. The molecule has 0 saturated heterocycles. The van der Waals surface area contributed by atoms with Gasteiger partial charge in [-0.15, -0.1) is 0 Å². The van der Waals surface area contributed by atoms with Crippen LogP contribution in [0.15, 0.2) is 53.4 Å². The van der Waals surface area contributed by atoms with Gasteiger partial charge in [0.2, 0.25) is 0 Å². The molecule has 0 saturated carbocycles. The second kappa shape index (κ2) is 7.17. The number of hydrogen-bond acceptors (Lipinski definition) is 4. The Balaban J connectivity index is 1.92. The quantitative estimate of drug-likeness (QED) is 0.722. The van der Waals surface area contributed by atoms with Crippen LogP contribution in [0, 0.1) is 20.8 Å². The molecule has 0 radical (unpaired) electrons. The highest BCUT2D eigenvalue weighted by Crippen LogP contribution is 2.23. The molecule has 6 nitrogen and oxygen atoms in total. The van der Waals surface area contributed by atoms with Gasteiger partial charge in [-0.25, -0.2) is 17.8 Å². The van der Waals surface area contributed by atoms with Crippen molar-refractivity contribution >= 4 is 27.5 Å². The van der Waals surface area contributed by atoms with E-state index in [1.165, 1.54) is 12.1 Å². The Labute approximate surface area is 162 Å². The Kier molecular flexibility index (Phi) is 5.08. The third kappa shape index (κ3) is 3.89. The van der Waals surface area contributed by atoms with Gasteiger partial charge in [0.1, 0.15) is 0 Å². The van der Waals surface area contributed by atoms with Crippen LogP contribution in [-0.2, 0) is 10.0 Å². The van der Waals surface area contributed by atoms with E-state index in [1.807, 2.05) is 19.9 Å². The zero-order valence-electron chi connectivity index (χ0n) is 15.0. The lowest BCUT2D eigenvalue weighted by Gasteiger charge is -2.11. The van der Waals surface area contributed by atoms with E-state index < -0.39 is 15.9 Å². The highest BCUT2D eigenvalue weighted by molar-refractivity contribution is 7.90. The molecule has 1 amide bonds. The zero-order valence-corrected chi connectivity index (χ0v) is 16.6. The molecule has 0 bridgehead atoms. The fourth-order valence-electron chi connectivity index (χ4n) is 2.78. The van der Waals surface area contributed by atoms with E-state index in [0.29, 0.717) is 16.3 Å². The largest absolute Gasteiger partial charge is 0.268 e. The summed E-state index contributed by atoms with van der Waals surface area (Å²) >= 11 is 5.99. The van der Waals surface area contributed by atoms with Gasteiger partial charge in [-0.3, -0.25) is 4.79 Å². The first-order valence-electron chi connectivity index (χ1n) is 8.15. The van der Waals surface area contributed by atoms with Crippen molar-refractivity contribution < 1.29 is 13.2 Å². The predicted octanol–water partition coefficient (Wildman–Crippen LogP) is 3.57. The van der Waals surface area contributed by atoms with Crippen LogP contribution in [0.4, 0.5) is 0 Å². The predicted molar refractivity (Wildman–Crippen MR) is 104 cm³/mol. The highest BCUT2D eigenvalue weighted by atomic mass is 35.5. The van der Waals surface area contributed by atoms with Gasteiger partial charge in [0, 0.05) is 16.3 Å². The number of amides is 1. The van der Waals surface area contributed by atoms with Crippen LogP contribution in [0.3, 0.4) is 0 Å². The maximum absolute atomic E-state index is 12.6. The van der Waals surface area contributed by atoms with Gasteiger partial charge in [0.05, 0.1) is 16.3 Å². The number of rotatable bonds is 4. The van der Waals surface area contributed by atoms with Crippen molar-refractivity contribution in [3.63, 3.8) is 0 Å². The lowest BCUT2D eigenvalue weighted by molar-refractivity contribution is 0.0981. The Morgan fingerprint density at radius 3 is 2.44 bits per heavy atom. The lowest BCUT2D eigenvalue weighted by atomic mass is 10.2. The molecule has 1 heterocycles. The number of sulfonamides is 1. The van der Waals surface area contributed by atoms with Crippen LogP contribution in [0.2, 0.25) is 5.02 Å². The van der Waals surface area contributed by atoms with Crippen LogP contribution in [0.5, 0.6) is 0 Å². The summed E-state index contributed by atoms with van der Waals surface area (Å²) in [5.74, 6) is -0.724. The van der Waals surface area contributed by atoms with E-state index in [4.69, 9.17) is 11.6 Å². The molecular formula is C19H18ClN3O3S. The standard InChI is InChI=1S/C19H18ClN3O3S/c1-12-10-13(2)23(21-12)16-7-4-6-15(11-16)19(24)22-27(25,26)18-9-5-8-17(20)14(18)3/h4-11H,1-3H3,(H,22,24). The van der Waals surface area contributed by atoms with Gasteiger partial charge >= 0.3 is 0 Å². The normalized spacial score (nSPS) is 11.4. The maximum atomic E-state index is 12.6. The van der Waals surface area contributed by atoms with E-state index in [1.54, 1.807) is 41.9 Å². The first-order chi connectivity index (χ1) is 12.7. The van der Waals surface area contributed by atoms with Crippen molar-refractivity contribution in [3.8, 4) is 5.69 Å². The van der Waals surface area contributed by atoms with Crippen LogP contribution < -0.4 is 4.72 Å². The van der Waals surface area contributed by atoms with E-state index >= 15 is 0 Å². The summed E-state index contributed by atoms with van der Waals surface area (Å²) in [7, 11) is -4.05. The maximum Gasteiger partial charge on any atom is 0.265 e. The molecule has 8 heteroatoms. The molecule has 3 rings (SSSR count). The minimum absolute atomic E-state index is 0.0296. The van der Waals surface area contributed by atoms with Gasteiger partial charge < -0.3 is 0 Å². The van der Waals surface area contributed by atoms with Crippen LogP contribution in [-0.4, -0.2) is 24.1 Å². The minimum Gasteiger partial charge on any atom is -0.268 e. The number of aryl methyl sites for hydroxylation is 2.